The molecule has 0 fully saturated rings. The number of nitrogens with zero attached hydrogens (tertiary/aromatic N) is 1. The van der Waals surface area contributed by atoms with Crippen LogP contribution in [0.15, 0.2) is 48.0 Å². The van der Waals surface area contributed by atoms with Gasteiger partial charge in [0.25, 0.3) is 0 Å². The first-order chi connectivity index (χ1) is 9.97. The molecule has 0 aliphatic carbocycles. The Labute approximate surface area is 122 Å². The van der Waals surface area contributed by atoms with Crippen molar-refractivity contribution in [3.05, 3.63) is 53.5 Å². The van der Waals surface area contributed by atoms with Crippen LogP contribution in [0.3, 0.4) is 0 Å². The van der Waals surface area contributed by atoms with E-state index in [4.69, 9.17) is 0 Å². The second-order valence-electron chi connectivity index (χ2n) is 4.56. The first-order valence-electron chi connectivity index (χ1n) is 6.14. The van der Waals surface area contributed by atoms with E-state index in [0.29, 0.717) is 5.69 Å². The van der Waals surface area contributed by atoms with Crippen molar-refractivity contribution in [3.8, 4) is 11.3 Å². The molecular formula is C15H10F3NOS. The molecule has 0 saturated heterocycles. The van der Waals surface area contributed by atoms with E-state index < -0.39 is 12.3 Å². The molecule has 0 unspecified atom stereocenters. The van der Waals surface area contributed by atoms with Gasteiger partial charge in [-0.15, -0.1) is 11.3 Å². The second-order valence-corrected chi connectivity index (χ2v) is 5.48. The zero-order valence-electron chi connectivity index (χ0n) is 10.6. The Morgan fingerprint density at radius 1 is 1.14 bits per heavy atom. The number of alkyl halides is 3. The van der Waals surface area contributed by atoms with Crippen LogP contribution >= 0.6 is 11.3 Å². The van der Waals surface area contributed by atoms with E-state index in [1.54, 1.807) is 0 Å². The van der Waals surface area contributed by atoms with Crippen LogP contribution in [0, 0.1) is 0 Å². The van der Waals surface area contributed by atoms with Crippen LogP contribution in [-0.4, -0.2) is 16.3 Å². The van der Waals surface area contributed by atoms with E-state index in [-0.39, 0.29) is 5.56 Å². The lowest BCUT2D eigenvalue weighted by molar-refractivity contribution is -0.206. The minimum absolute atomic E-state index is 0.207. The van der Waals surface area contributed by atoms with E-state index in [0.717, 1.165) is 15.6 Å². The summed E-state index contributed by atoms with van der Waals surface area (Å²) in [4.78, 5) is 4.13. The third kappa shape index (κ3) is 2.64. The van der Waals surface area contributed by atoms with Crippen LogP contribution in [0.1, 0.15) is 11.7 Å². The summed E-state index contributed by atoms with van der Waals surface area (Å²) in [6.07, 6.45) is -5.90. The molecule has 2 heterocycles. The van der Waals surface area contributed by atoms with Crippen molar-refractivity contribution >= 4 is 21.4 Å². The summed E-state index contributed by atoms with van der Waals surface area (Å²) in [5, 5.41) is 12.3. The molecule has 1 N–H and O–H groups in total. The lowest BCUT2D eigenvalue weighted by Crippen LogP contribution is -2.20. The Morgan fingerprint density at radius 3 is 2.71 bits per heavy atom. The van der Waals surface area contributed by atoms with Gasteiger partial charge in [-0.3, -0.25) is 4.98 Å². The van der Waals surface area contributed by atoms with Crippen LogP contribution in [0.4, 0.5) is 13.2 Å². The highest BCUT2D eigenvalue weighted by atomic mass is 32.1. The molecule has 108 valence electrons. The molecule has 21 heavy (non-hydrogen) atoms. The number of aliphatic hydroxyl groups is 1. The molecule has 1 aromatic carbocycles. The Morgan fingerprint density at radius 2 is 1.95 bits per heavy atom. The Kier molecular flexibility index (Phi) is 3.43. The minimum Gasteiger partial charge on any atom is -0.379 e. The summed E-state index contributed by atoms with van der Waals surface area (Å²) >= 11 is 1.50. The summed E-state index contributed by atoms with van der Waals surface area (Å²) in [5.41, 5.74) is 0.976. The summed E-state index contributed by atoms with van der Waals surface area (Å²) in [7, 11) is 0. The van der Waals surface area contributed by atoms with Gasteiger partial charge in [0.1, 0.15) is 0 Å². The Hall–Kier alpha value is -1.92. The monoisotopic (exact) mass is 309 g/mol. The van der Waals surface area contributed by atoms with Gasteiger partial charge in [0.15, 0.2) is 6.10 Å². The van der Waals surface area contributed by atoms with Crippen LogP contribution in [0.2, 0.25) is 0 Å². The van der Waals surface area contributed by atoms with Crippen LogP contribution < -0.4 is 0 Å². The highest BCUT2D eigenvalue weighted by Gasteiger charge is 2.39. The number of hydrogen-bond acceptors (Lipinski definition) is 3. The van der Waals surface area contributed by atoms with Gasteiger partial charge in [0, 0.05) is 16.5 Å². The SMILES string of the molecule is O[C@H](c1ccnc(-c2cccc3ccsc23)c1)C(F)(F)F. The number of pyridine rings is 1. The molecule has 0 aliphatic rings. The van der Waals surface area contributed by atoms with Crippen molar-refractivity contribution in [3.63, 3.8) is 0 Å². The topological polar surface area (TPSA) is 33.1 Å². The van der Waals surface area contributed by atoms with Crippen molar-refractivity contribution in [2.24, 2.45) is 0 Å². The molecule has 2 aromatic heterocycles. The highest BCUT2D eigenvalue weighted by molar-refractivity contribution is 7.17. The molecule has 3 rings (SSSR count). The van der Waals surface area contributed by atoms with E-state index in [1.807, 2.05) is 29.6 Å². The van der Waals surface area contributed by atoms with Crippen molar-refractivity contribution in [2.75, 3.05) is 0 Å². The standard InChI is InChI=1S/C15H10F3NOS/c16-15(17,18)14(20)10-4-6-19-12(8-10)11-3-1-2-9-5-7-21-13(9)11/h1-8,14,20H/t14-/m1/s1. The average Bonchev–Trinajstić information content (AvgIpc) is 2.94. The fourth-order valence-electron chi connectivity index (χ4n) is 2.15. The van der Waals surface area contributed by atoms with Gasteiger partial charge in [0.2, 0.25) is 0 Å². The molecule has 0 aliphatic heterocycles. The quantitative estimate of drug-likeness (QED) is 0.753. The van der Waals surface area contributed by atoms with Gasteiger partial charge in [-0.1, -0.05) is 18.2 Å². The molecule has 0 spiro atoms. The zero-order valence-corrected chi connectivity index (χ0v) is 11.4. The lowest BCUT2D eigenvalue weighted by Gasteiger charge is -2.15. The summed E-state index contributed by atoms with van der Waals surface area (Å²) < 4.78 is 38.8. The molecule has 0 amide bonds. The zero-order chi connectivity index (χ0) is 15.0. The van der Waals surface area contributed by atoms with Gasteiger partial charge in [0.05, 0.1) is 5.69 Å². The van der Waals surface area contributed by atoms with E-state index >= 15 is 0 Å². The average molecular weight is 309 g/mol. The second kappa shape index (κ2) is 5.13. The summed E-state index contributed by atoms with van der Waals surface area (Å²) in [6.45, 7) is 0. The van der Waals surface area contributed by atoms with Crippen molar-refractivity contribution in [1.82, 2.24) is 4.98 Å². The Bertz CT molecular complexity index is 782. The number of aromatic nitrogens is 1. The summed E-state index contributed by atoms with van der Waals surface area (Å²) in [6, 6.07) is 9.98. The van der Waals surface area contributed by atoms with Crippen LogP contribution in [0.25, 0.3) is 21.3 Å². The van der Waals surface area contributed by atoms with Crippen molar-refractivity contribution < 1.29 is 18.3 Å². The number of aliphatic hydroxyl groups excluding tert-OH is 1. The molecule has 2 nitrogen and oxygen atoms in total. The molecule has 0 radical (unpaired) electrons. The largest absolute Gasteiger partial charge is 0.418 e. The molecule has 0 bridgehead atoms. The fraction of sp³-hybridized carbons (Fsp3) is 0.133. The number of benzene rings is 1. The number of halogens is 3. The van der Waals surface area contributed by atoms with Crippen LogP contribution in [-0.2, 0) is 0 Å². The van der Waals surface area contributed by atoms with E-state index in [1.165, 1.54) is 29.7 Å². The fourth-order valence-corrected chi connectivity index (χ4v) is 3.07. The van der Waals surface area contributed by atoms with Gasteiger partial charge >= 0.3 is 6.18 Å². The molecule has 3 aromatic rings. The predicted molar refractivity (Wildman–Crippen MR) is 76.1 cm³/mol. The normalized spacial score (nSPS) is 13.5. The lowest BCUT2D eigenvalue weighted by atomic mass is 10.0. The number of thiophene rings is 1. The minimum atomic E-state index is -4.69. The van der Waals surface area contributed by atoms with Gasteiger partial charge in [-0.05, 0) is 34.5 Å². The van der Waals surface area contributed by atoms with Crippen LogP contribution in [0.5, 0.6) is 0 Å². The maximum Gasteiger partial charge on any atom is 0.418 e. The predicted octanol–water partition coefficient (Wildman–Crippen LogP) is 4.56. The Balaban J connectivity index is 2.10. The van der Waals surface area contributed by atoms with Crippen molar-refractivity contribution in [1.29, 1.82) is 0 Å². The summed E-state index contributed by atoms with van der Waals surface area (Å²) in [5.74, 6) is 0. The smallest absolute Gasteiger partial charge is 0.379 e. The first-order valence-corrected chi connectivity index (χ1v) is 7.02. The number of hydrogen-bond donors (Lipinski definition) is 1. The number of fused-ring (bicyclic) bond motifs is 1. The highest BCUT2D eigenvalue weighted by Crippen LogP contribution is 2.35. The van der Waals surface area contributed by atoms with Crippen molar-refractivity contribution in [2.45, 2.75) is 12.3 Å². The first kappa shape index (κ1) is 14.0. The maximum absolute atomic E-state index is 12.6. The van der Waals surface area contributed by atoms with Gasteiger partial charge in [-0.2, -0.15) is 13.2 Å². The third-order valence-electron chi connectivity index (χ3n) is 3.16. The maximum atomic E-state index is 12.6. The van der Waals surface area contributed by atoms with Gasteiger partial charge in [-0.25, -0.2) is 0 Å². The molecule has 0 saturated carbocycles. The third-order valence-corrected chi connectivity index (χ3v) is 4.13. The van der Waals surface area contributed by atoms with Gasteiger partial charge < -0.3 is 5.11 Å². The molecular weight excluding hydrogens is 299 g/mol. The van der Waals surface area contributed by atoms with E-state index in [9.17, 15) is 18.3 Å². The van der Waals surface area contributed by atoms with E-state index in [2.05, 4.69) is 4.98 Å². The number of rotatable bonds is 2. The molecule has 6 heteroatoms. The molecule has 1 atom stereocenters.